The predicted octanol–water partition coefficient (Wildman–Crippen LogP) is 1.28. The molecule has 2 saturated heterocycles. The minimum atomic E-state index is -0.353. The van der Waals surface area contributed by atoms with Crippen LogP contribution in [0.5, 0.6) is 0 Å². The van der Waals surface area contributed by atoms with Gasteiger partial charge < -0.3 is 15.4 Å². The lowest BCUT2D eigenvalue weighted by molar-refractivity contribution is -0.175. The summed E-state index contributed by atoms with van der Waals surface area (Å²) in [5, 5.41) is 0. The second kappa shape index (κ2) is 6.46. The molecule has 1 amide bonds. The maximum absolute atomic E-state index is 12.5. The lowest BCUT2D eigenvalue weighted by Crippen LogP contribution is -2.59. The lowest BCUT2D eigenvalue weighted by Gasteiger charge is -2.49. The van der Waals surface area contributed by atoms with E-state index in [0.717, 1.165) is 64.9 Å². The molecule has 2 heterocycles. The van der Waals surface area contributed by atoms with Gasteiger partial charge in [0.2, 0.25) is 5.91 Å². The molecule has 3 rings (SSSR count). The van der Waals surface area contributed by atoms with Gasteiger partial charge in [0.1, 0.15) is 6.23 Å². The van der Waals surface area contributed by atoms with Crippen LogP contribution in [0.3, 0.4) is 0 Å². The van der Waals surface area contributed by atoms with Crippen molar-refractivity contribution in [1.82, 2.24) is 9.80 Å². The number of amides is 1. The Morgan fingerprint density at radius 2 is 1.91 bits per heavy atom. The molecule has 0 bridgehead atoms. The maximum atomic E-state index is 12.5. The Balaban J connectivity index is 1.83. The van der Waals surface area contributed by atoms with Gasteiger partial charge >= 0.3 is 0 Å². The standard InChI is InChI=1S/C17H31N3O2/c1-13-5-3-7-17(13,16(18)21)14-6-4-12-22-15(14)20-10-8-19(2)9-11-20/h13-15H,3-12H2,1-2H3,(H2,18,21). The van der Waals surface area contributed by atoms with E-state index in [0.29, 0.717) is 5.92 Å². The first-order chi connectivity index (χ1) is 10.6. The molecule has 0 aromatic rings. The SMILES string of the molecule is CC1CCCC1(C(N)=O)C1CCCOC1N1CCN(C)CC1. The third kappa shape index (κ3) is 2.68. The van der Waals surface area contributed by atoms with Gasteiger partial charge in [0.25, 0.3) is 0 Å². The topological polar surface area (TPSA) is 58.8 Å². The molecule has 3 aliphatic rings. The molecule has 0 spiro atoms. The van der Waals surface area contributed by atoms with Crippen molar-refractivity contribution in [2.75, 3.05) is 39.8 Å². The Morgan fingerprint density at radius 3 is 2.50 bits per heavy atom. The Labute approximate surface area is 134 Å². The van der Waals surface area contributed by atoms with Crippen molar-refractivity contribution in [2.45, 2.75) is 45.3 Å². The number of ether oxygens (including phenoxy) is 1. The molecular formula is C17H31N3O2. The molecule has 2 N–H and O–H groups in total. The molecule has 1 saturated carbocycles. The highest BCUT2D eigenvalue weighted by Crippen LogP contribution is 2.52. The van der Waals surface area contributed by atoms with Crippen molar-refractivity contribution in [3.8, 4) is 0 Å². The van der Waals surface area contributed by atoms with Crippen LogP contribution in [0.25, 0.3) is 0 Å². The van der Waals surface area contributed by atoms with Crippen LogP contribution in [0.15, 0.2) is 0 Å². The van der Waals surface area contributed by atoms with Gasteiger partial charge in [-0.1, -0.05) is 13.3 Å². The highest BCUT2D eigenvalue weighted by Gasteiger charge is 2.55. The molecule has 22 heavy (non-hydrogen) atoms. The highest BCUT2D eigenvalue weighted by atomic mass is 16.5. The van der Waals surface area contributed by atoms with Gasteiger partial charge in [-0.05, 0) is 38.6 Å². The number of piperazine rings is 1. The fraction of sp³-hybridized carbons (Fsp3) is 0.941. The van der Waals surface area contributed by atoms with Crippen LogP contribution in [-0.2, 0) is 9.53 Å². The van der Waals surface area contributed by atoms with Gasteiger partial charge in [0.15, 0.2) is 0 Å². The number of carbonyl (C=O) groups excluding carboxylic acids is 1. The minimum Gasteiger partial charge on any atom is -0.369 e. The summed E-state index contributed by atoms with van der Waals surface area (Å²) >= 11 is 0. The second-order valence-electron chi connectivity index (χ2n) is 7.55. The van der Waals surface area contributed by atoms with Crippen LogP contribution in [0.1, 0.15) is 39.0 Å². The van der Waals surface area contributed by atoms with Gasteiger partial charge in [-0.3, -0.25) is 9.69 Å². The molecule has 4 unspecified atom stereocenters. The molecule has 126 valence electrons. The zero-order valence-corrected chi connectivity index (χ0v) is 14.1. The largest absolute Gasteiger partial charge is 0.369 e. The van der Waals surface area contributed by atoms with E-state index in [1.165, 1.54) is 0 Å². The summed E-state index contributed by atoms with van der Waals surface area (Å²) in [6.07, 6.45) is 5.39. The first-order valence-electron chi connectivity index (χ1n) is 8.90. The number of primary amides is 1. The maximum Gasteiger partial charge on any atom is 0.224 e. The van der Waals surface area contributed by atoms with Crippen molar-refractivity contribution in [2.24, 2.45) is 23.0 Å². The van der Waals surface area contributed by atoms with Crippen LogP contribution in [-0.4, -0.2) is 61.8 Å². The van der Waals surface area contributed by atoms with Crippen LogP contribution in [0, 0.1) is 17.3 Å². The molecule has 3 fully saturated rings. The van der Waals surface area contributed by atoms with E-state index in [1.54, 1.807) is 0 Å². The van der Waals surface area contributed by atoms with Crippen molar-refractivity contribution < 1.29 is 9.53 Å². The van der Waals surface area contributed by atoms with Crippen molar-refractivity contribution >= 4 is 5.91 Å². The summed E-state index contributed by atoms with van der Waals surface area (Å²) in [5.74, 6) is 0.554. The fourth-order valence-corrected chi connectivity index (χ4v) is 5.02. The summed E-state index contributed by atoms with van der Waals surface area (Å²) in [6.45, 7) is 7.24. The number of nitrogens with two attached hydrogens (primary N) is 1. The van der Waals surface area contributed by atoms with Crippen molar-refractivity contribution in [3.63, 3.8) is 0 Å². The second-order valence-corrected chi connectivity index (χ2v) is 7.55. The summed E-state index contributed by atoms with van der Waals surface area (Å²) < 4.78 is 6.20. The summed E-state index contributed by atoms with van der Waals surface area (Å²) in [5.41, 5.74) is 5.59. The quantitative estimate of drug-likeness (QED) is 0.853. The molecule has 2 aliphatic heterocycles. The van der Waals surface area contributed by atoms with Gasteiger partial charge in [0.05, 0.1) is 5.41 Å². The van der Waals surface area contributed by atoms with E-state index in [1.807, 2.05) is 0 Å². The average Bonchev–Trinajstić information content (AvgIpc) is 2.91. The summed E-state index contributed by atoms with van der Waals surface area (Å²) in [6, 6.07) is 0. The number of carbonyl (C=O) groups is 1. The number of nitrogens with zero attached hydrogens (tertiary/aromatic N) is 2. The predicted molar refractivity (Wildman–Crippen MR) is 86.2 cm³/mol. The first-order valence-corrected chi connectivity index (χ1v) is 8.90. The number of likely N-dealkylation sites (N-methyl/N-ethyl adjacent to an activating group) is 1. The monoisotopic (exact) mass is 309 g/mol. The van der Waals surface area contributed by atoms with E-state index in [4.69, 9.17) is 10.5 Å². The molecule has 5 nitrogen and oxygen atoms in total. The van der Waals surface area contributed by atoms with Crippen LogP contribution in [0.4, 0.5) is 0 Å². The number of hydrogen-bond acceptors (Lipinski definition) is 4. The highest BCUT2D eigenvalue weighted by molar-refractivity contribution is 5.82. The van der Waals surface area contributed by atoms with E-state index in [9.17, 15) is 4.79 Å². The average molecular weight is 309 g/mol. The molecule has 4 atom stereocenters. The van der Waals surface area contributed by atoms with Gasteiger partial charge in [0, 0.05) is 38.7 Å². The minimum absolute atomic E-state index is 0.0792. The van der Waals surface area contributed by atoms with Crippen LogP contribution < -0.4 is 5.73 Å². The Morgan fingerprint density at radius 1 is 1.18 bits per heavy atom. The van der Waals surface area contributed by atoms with E-state index in [2.05, 4.69) is 23.8 Å². The molecular weight excluding hydrogens is 278 g/mol. The van der Waals surface area contributed by atoms with E-state index in [-0.39, 0.29) is 23.5 Å². The Kier molecular flexibility index (Phi) is 4.76. The Hall–Kier alpha value is -0.650. The van der Waals surface area contributed by atoms with E-state index < -0.39 is 0 Å². The summed E-state index contributed by atoms with van der Waals surface area (Å²) in [4.78, 5) is 17.3. The third-order valence-electron chi connectivity index (χ3n) is 6.42. The number of rotatable bonds is 3. The molecule has 5 heteroatoms. The van der Waals surface area contributed by atoms with E-state index >= 15 is 0 Å². The summed E-state index contributed by atoms with van der Waals surface area (Å²) in [7, 11) is 2.17. The van der Waals surface area contributed by atoms with Crippen molar-refractivity contribution in [1.29, 1.82) is 0 Å². The smallest absolute Gasteiger partial charge is 0.224 e. The van der Waals surface area contributed by atoms with Gasteiger partial charge in [-0.25, -0.2) is 0 Å². The Bertz CT molecular complexity index is 409. The van der Waals surface area contributed by atoms with Gasteiger partial charge in [-0.2, -0.15) is 0 Å². The molecule has 0 aromatic heterocycles. The molecule has 1 aliphatic carbocycles. The first kappa shape index (κ1) is 16.2. The normalized spacial score (nSPS) is 41.6. The fourth-order valence-electron chi connectivity index (χ4n) is 5.02. The van der Waals surface area contributed by atoms with Crippen LogP contribution in [0.2, 0.25) is 0 Å². The zero-order valence-electron chi connectivity index (χ0n) is 14.1. The van der Waals surface area contributed by atoms with Gasteiger partial charge in [-0.15, -0.1) is 0 Å². The number of hydrogen-bond donors (Lipinski definition) is 1. The molecule has 0 aromatic carbocycles. The zero-order chi connectivity index (χ0) is 15.7. The molecule has 0 radical (unpaired) electrons. The lowest BCUT2D eigenvalue weighted by atomic mass is 9.65. The van der Waals surface area contributed by atoms with Crippen LogP contribution >= 0.6 is 0 Å². The van der Waals surface area contributed by atoms with Crippen molar-refractivity contribution in [3.05, 3.63) is 0 Å². The third-order valence-corrected chi connectivity index (χ3v) is 6.42.